The minimum Gasteiger partial charge on any atom is -0.388 e. The average Bonchev–Trinajstić information content (AvgIpc) is 2.08. The molecule has 0 heterocycles. The summed E-state index contributed by atoms with van der Waals surface area (Å²) in [5.41, 5.74) is 0.337. The fourth-order valence-electron chi connectivity index (χ4n) is 0.825. The van der Waals surface area contributed by atoms with E-state index in [1.54, 1.807) is 0 Å². The Labute approximate surface area is 74.4 Å². The Morgan fingerprint density at radius 2 is 2.00 bits per heavy atom. The monoisotopic (exact) mass is 190 g/mol. The van der Waals surface area contributed by atoms with Crippen molar-refractivity contribution in [1.82, 2.24) is 0 Å². The van der Waals surface area contributed by atoms with Gasteiger partial charge in [-0.25, -0.2) is 8.78 Å². The maximum Gasteiger partial charge on any atom is 0.159 e. The molecule has 1 atom stereocenters. The summed E-state index contributed by atoms with van der Waals surface area (Å²) in [6.07, 6.45) is -0.844. The van der Waals surface area contributed by atoms with Crippen LogP contribution in [0.15, 0.2) is 18.2 Å². The second kappa shape index (κ2) is 3.87. The van der Waals surface area contributed by atoms with Crippen LogP contribution in [0.25, 0.3) is 0 Å². The number of hydrogen-bond acceptors (Lipinski definition) is 2. The molecule has 1 aromatic carbocycles. The van der Waals surface area contributed by atoms with E-state index in [4.69, 9.17) is 0 Å². The molecule has 1 aromatic rings. The van der Waals surface area contributed by atoms with Crippen LogP contribution in [0, 0.1) is 11.6 Å². The summed E-state index contributed by atoms with van der Waals surface area (Å²) in [4.78, 5) is 0. The minimum absolute atomic E-state index is 0.186. The summed E-state index contributed by atoms with van der Waals surface area (Å²) in [5.74, 6) is -1.68. The number of thiol groups is 1. The molecule has 0 aliphatic carbocycles. The molecule has 1 N–H and O–H groups in total. The Bertz CT molecular complexity index is 278. The normalized spacial score (nSPS) is 13.0. The molecule has 0 radical (unpaired) electrons. The molecule has 12 heavy (non-hydrogen) atoms. The van der Waals surface area contributed by atoms with E-state index in [0.717, 1.165) is 12.1 Å². The van der Waals surface area contributed by atoms with Gasteiger partial charge in [0.25, 0.3) is 0 Å². The average molecular weight is 190 g/mol. The first-order valence-corrected chi connectivity index (χ1v) is 4.02. The minimum atomic E-state index is -0.951. The van der Waals surface area contributed by atoms with Gasteiger partial charge < -0.3 is 5.11 Å². The van der Waals surface area contributed by atoms with Gasteiger partial charge in [-0.05, 0) is 17.7 Å². The Hall–Kier alpha value is -0.610. The largest absolute Gasteiger partial charge is 0.388 e. The summed E-state index contributed by atoms with van der Waals surface area (Å²) in [6, 6.07) is 3.28. The molecule has 1 unspecified atom stereocenters. The predicted octanol–water partition coefficient (Wildman–Crippen LogP) is 1.93. The third-order valence-electron chi connectivity index (χ3n) is 1.50. The number of benzene rings is 1. The third kappa shape index (κ3) is 1.95. The standard InChI is InChI=1S/C8H8F2OS/c9-6-2-1-5(3-7(6)10)8(11)4-12/h1-3,8,11-12H,4H2. The van der Waals surface area contributed by atoms with Crippen LogP contribution in [0.3, 0.4) is 0 Å². The van der Waals surface area contributed by atoms with Crippen molar-refractivity contribution in [2.45, 2.75) is 6.10 Å². The van der Waals surface area contributed by atoms with Crippen LogP contribution in [0.5, 0.6) is 0 Å². The molecule has 1 rings (SSSR count). The summed E-state index contributed by atoms with van der Waals surface area (Å²) in [5, 5.41) is 9.18. The van der Waals surface area contributed by atoms with Gasteiger partial charge in [0.15, 0.2) is 11.6 Å². The molecule has 0 spiro atoms. The number of hydrogen-bond donors (Lipinski definition) is 2. The van der Waals surface area contributed by atoms with Gasteiger partial charge in [0.2, 0.25) is 0 Å². The van der Waals surface area contributed by atoms with Crippen LogP contribution in [-0.4, -0.2) is 10.9 Å². The summed E-state index contributed by atoms with van der Waals surface area (Å²) < 4.78 is 25.0. The Morgan fingerprint density at radius 3 is 2.50 bits per heavy atom. The van der Waals surface area contributed by atoms with E-state index in [0.29, 0.717) is 5.56 Å². The molecule has 1 nitrogen and oxygen atoms in total. The molecule has 4 heteroatoms. The molecular weight excluding hydrogens is 182 g/mol. The second-order valence-electron chi connectivity index (χ2n) is 2.37. The molecule has 0 amide bonds. The first-order valence-electron chi connectivity index (χ1n) is 3.39. The second-order valence-corrected chi connectivity index (χ2v) is 2.74. The molecule has 66 valence electrons. The van der Waals surface area contributed by atoms with Crippen molar-refractivity contribution in [3.05, 3.63) is 35.4 Å². The van der Waals surface area contributed by atoms with Crippen LogP contribution >= 0.6 is 12.6 Å². The lowest BCUT2D eigenvalue weighted by atomic mass is 10.1. The molecule has 0 aliphatic heterocycles. The molecular formula is C8H8F2OS. The van der Waals surface area contributed by atoms with E-state index in [2.05, 4.69) is 12.6 Å². The Balaban J connectivity index is 2.96. The van der Waals surface area contributed by atoms with E-state index in [9.17, 15) is 13.9 Å². The highest BCUT2D eigenvalue weighted by Crippen LogP contribution is 2.16. The van der Waals surface area contributed by atoms with Gasteiger partial charge in [-0.15, -0.1) is 0 Å². The van der Waals surface area contributed by atoms with Crippen LogP contribution in [-0.2, 0) is 0 Å². The summed E-state index contributed by atoms with van der Waals surface area (Å²) >= 11 is 3.82. The highest BCUT2D eigenvalue weighted by molar-refractivity contribution is 7.80. The zero-order valence-electron chi connectivity index (χ0n) is 6.17. The summed E-state index contributed by atoms with van der Waals surface area (Å²) in [6.45, 7) is 0. The van der Waals surface area contributed by atoms with Crippen molar-refractivity contribution in [2.24, 2.45) is 0 Å². The molecule has 0 saturated carbocycles. The number of aliphatic hydroxyl groups is 1. The van der Waals surface area contributed by atoms with Gasteiger partial charge in [-0.2, -0.15) is 12.6 Å². The molecule has 0 aromatic heterocycles. The molecule has 0 bridgehead atoms. The van der Waals surface area contributed by atoms with E-state index in [1.165, 1.54) is 6.07 Å². The Kier molecular flexibility index (Phi) is 3.05. The number of rotatable bonds is 2. The number of aliphatic hydroxyl groups excluding tert-OH is 1. The zero-order valence-corrected chi connectivity index (χ0v) is 7.06. The van der Waals surface area contributed by atoms with Crippen LogP contribution in [0.2, 0.25) is 0 Å². The van der Waals surface area contributed by atoms with Crippen molar-refractivity contribution >= 4 is 12.6 Å². The smallest absolute Gasteiger partial charge is 0.159 e. The first-order chi connectivity index (χ1) is 5.65. The van der Waals surface area contributed by atoms with E-state index in [1.807, 2.05) is 0 Å². The van der Waals surface area contributed by atoms with Crippen LogP contribution < -0.4 is 0 Å². The lowest BCUT2D eigenvalue weighted by Crippen LogP contribution is -1.99. The van der Waals surface area contributed by atoms with Gasteiger partial charge in [0, 0.05) is 5.75 Å². The highest BCUT2D eigenvalue weighted by Gasteiger charge is 2.08. The SMILES string of the molecule is OC(CS)c1ccc(F)c(F)c1. The van der Waals surface area contributed by atoms with Gasteiger partial charge >= 0.3 is 0 Å². The van der Waals surface area contributed by atoms with E-state index >= 15 is 0 Å². The Morgan fingerprint density at radius 1 is 1.33 bits per heavy atom. The molecule has 0 aliphatic rings. The van der Waals surface area contributed by atoms with Crippen molar-refractivity contribution < 1.29 is 13.9 Å². The van der Waals surface area contributed by atoms with Crippen molar-refractivity contribution in [1.29, 1.82) is 0 Å². The lowest BCUT2D eigenvalue weighted by molar-refractivity contribution is 0.204. The molecule has 0 saturated heterocycles. The highest BCUT2D eigenvalue weighted by atomic mass is 32.1. The first kappa shape index (κ1) is 9.48. The van der Waals surface area contributed by atoms with Crippen LogP contribution in [0.4, 0.5) is 8.78 Å². The van der Waals surface area contributed by atoms with E-state index in [-0.39, 0.29) is 5.75 Å². The van der Waals surface area contributed by atoms with Gasteiger partial charge in [0.1, 0.15) is 0 Å². The lowest BCUT2D eigenvalue weighted by Gasteiger charge is -2.06. The fourth-order valence-corrected chi connectivity index (χ4v) is 1.04. The van der Waals surface area contributed by atoms with Gasteiger partial charge in [0.05, 0.1) is 6.10 Å². The van der Waals surface area contributed by atoms with Crippen LogP contribution in [0.1, 0.15) is 11.7 Å². The third-order valence-corrected chi connectivity index (χ3v) is 1.85. The summed E-state index contributed by atoms with van der Waals surface area (Å²) in [7, 11) is 0. The van der Waals surface area contributed by atoms with Crippen molar-refractivity contribution in [3.63, 3.8) is 0 Å². The van der Waals surface area contributed by atoms with Gasteiger partial charge in [-0.1, -0.05) is 6.07 Å². The maximum absolute atomic E-state index is 12.6. The zero-order chi connectivity index (χ0) is 9.14. The quantitative estimate of drug-likeness (QED) is 0.683. The van der Waals surface area contributed by atoms with Crippen molar-refractivity contribution in [2.75, 3.05) is 5.75 Å². The topological polar surface area (TPSA) is 20.2 Å². The molecule has 0 fully saturated rings. The maximum atomic E-state index is 12.6. The number of halogens is 2. The van der Waals surface area contributed by atoms with E-state index < -0.39 is 17.7 Å². The van der Waals surface area contributed by atoms with Gasteiger partial charge in [-0.3, -0.25) is 0 Å². The fraction of sp³-hybridized carbons (Fsp3) is 0.250. The predicted molar refractivity (Wildman–Crippen MR) is 45.2 cm³/mol. The van der Waals surface area contributed by atoms with Crippen molar-refractivity contribution in [3.8, 4) is 0 Å².